The van der Waals surface area contributed by atoms with E-state index < -0.39 is 0 Å². The minimum Gasteiger partial charge on any atom is -0.326 e. The zero-order valence-corrected chi connectivity index (χ0v) is 15.8. The number of rotatable bonds is 6. The SMILES string of the molecule is O=C(CC1CC2CCC(C1)N2)Nc1cccc(CSC2CCCC2)c1. The van der Waals surface area contributed by atoms with Gasteiger partial charge in [0, 0.05) is 35.2 Å². The van der Waals surface area contributed by atoms with E-state index in [1.165, 1.54) is 56.9 Å². The Bertz CT molecular complexity index is 587. The van der Waals surface area contributed by atoms with Crippen molar-refractivity contribution in [1.29, 1.82) is 0 Å². The average Bonchev–Trinajstić information content (AvgIpc) is 3.23. The Morgan fingerprint density at radius 2 is 1.88 bits per heavy atom. The summed E-state index contributed by atoms with van der Waals surface area (Å²) in [7, 11) is 0. The smallest absolute Gasteiger partial charge is 0.224 e. The van der Waals surface area contributed by atoms with Crippen molar-refractivity contribution in [1.82, 2.24) is 5.32 Å². The van der Waals surface area contributed by atoms with E-state index in [1.807, 2.05) is 6.07 Å². The lowest BCUT2D eigenvalue weighted by Gasteiger charge is -2.28. The summed E-state index contributed by atoms with van der Waals surface area (Å²) >= 11 is 2.08. The molecule has 2 aliphatic heterocycles. The maximum Gasteiger partial charge on any atom is 0.224 e. The molecule has 0 aromatic heterocycles. The molecule has 2 heterocycles. The van der Waals surface area contributed by atoms with Crippen molar-refractivity contribution in [2.75, 3.05) is 5.32 Å². The van der Waals surface area contributed by atoms with Crippen LogP contribution in [-0.2, 0) is 10.5 Å². The van der Waals surface area contributed by atoms with Gasteiger partial charge in [0.2, 0.25) is 5.91 Å². The predicted octanol–water partition coefficient (Wildman–Crippen LogP) is 4.72. The Balaban J connectivity index is 1.26. The molecule has 0 radical (unpaired) electrons. The maximum absolute atomic E-state index is 12.5. The summed E-state index contributed by atoms with van der Waals surface area (Å²) in [4.78, 5) is 12.5. The van der Waals surface area contributed by atoms with Gasteiger partial charge in [0.05, 0.1) is 0 Å². The number of anilines is 1. The van der Waals surface area contributed by atoms with Crippen LogP contribution in [0.5, 0.6) is 0 Å². The van der Waals surface area contributed by atoms with E-state index in [4.69, 9.17) is 0 Å². The number of thioether (sulfide) groups is 1. The Kier molecular flexibility index (Phi) is 5.66. The molecule has 1 saturated carbocycles. The highest BCUT2D eigenvalue weighted by Crippen LogP contribution is 2.33. The first-order valence-electron chi connectivity index (χ1n) is 10.0. The van der Waals surface area contributed by atoms with Gasteiger partial charge in [-0.25, -0.2) is 0 Å². The molecule has 0 spiro atoms. The van der Waals surface area contributed by atoms with Gasteiger partial charge in [-0.05, 0) is 62.1 Å². The first kappa shape index (κ1) is 17.4. The molecule has 1 aromatic rings. The Hall–Kier alpha value is -1.00. The third kappa shape index (κ3) is 4.79. The molecule has 3 fully saturated rings. The third-order valence-corrected chi connectivity index (χ3v) is 7.49. The van der Waals surface area contributed by atoms with Gasteiger partial charge in [-0.2, -0.15) is 11.8 Å². The minimum absolute atomic E-state index is 0.187. The summed E-state index contributed by atoms with van der Waals surface area (Å²) in [5.74, 6) is 1.80. The number of hydrogen-bond acceptors (Lipinski definition) is 3. The van der Waals surface area contributed by atoms with Gasteiger partial charge < -0.3 is 10.6 Å². The summed E-state index contributed by atoms with van der Waals surface area (Å²) in [5, 5.41) is 7.63. The van der Waals surface area contributed by atoms with Crippen LogP contribution in [0.15, 0.2) is 24.3 Å². The fraction of sp³-hybridized carbons (Fsp3) is 0.667. The van der Waals surface area contributed by atoms with Gasteiger partial charge in [-0.1, -0.05) is 25.0 Å². The lowest BCUT2D eigenvalue weighted by molar-refractivity contribution is -0.117. The molecule has 2 bridgehead atoms. The van der Waals surface area contributed by atoms with E-state index in [0.29, 0.717) is 24.4 Å². The summed E-state index contributed by atoms with van der Waals surface area (Å²) in [6.07, 6.45) is 11.1. The van der Waals surface area contributed by atoms with Gasteiger partial charge in [0.15, 0.2) is 0 Å². The predicted molar refractivity (Wildman–Crippen MR) is 106 cm³/mol. The standard InChI is InChI=1S/C21H30N2OS/c24-21(13-16-11-18-8-9-19(12-16)22-18)23-17-5-3-4-15(10-17)14-25-20-6-1-2-7-20/h3-5,10,16,18-20,22H,1-2,6-9,11-14H2,(H,23,24). The number of fused-ring (bicyclic) bond motifs is 2. The number of nitrogens with one attached hydrogen (secondary N) is 2. The third-order valence-electron chi connectivity index (χ3n) is 6.04. The monoisotopic (exact) mass is 358 g/mol. The van der Waals surface area contributed by atoms with Crippen molar-refractivity contribution in [3.8, 4) is 0 Å². The van der Waals surface area contributed by atoms with E-state index in [9.17, 15) is 4.79 Å². The first-order valence-corrected chi connectivity index (χ1v) is 11.1. The number of benzene rings is 1. The van der Waals surface area contributed by atoms with Crippen LogP contribution in [0.4, 0.5) is 5.69 Å². The Morgan fingerprint density at radius 1 is 1.12 bits per heavy atom. The fourth-order valence-corrected chi connectivity index (χ4v) is 6.10. The molecule has 25 heavy (non-hydrogen) atoms. The molecule has 3 nitrogen and oxygen atoms in total. The highest BCUT2D eigenvalue weighted by Gasteiger charge is 2.34. The van der Waals surface area contributed by atoms with Crippen molar-refractivity contribution < 1.29 is 4.79 Å². The van der Waals surface area contributed by atoms with Crippen molar-refractivity contribution in [3.05, 3.63) is 29.8 Å². The first-order chi connectivity index (χ1) is 12.2. The van der Waals surface area contributed by atoms with E-state index in [-0.39, 0.29) is 5.91 Å². The number of piperidine rings is 1. The van der Waals surface area contributed by atoms with Crippen LogP contribution in [0.3, 0.4) is 0 Å². The normalized spacial score (nSPS) is 29.0. The number of amides is 1. The summed E-state index contributed by atoms with van der Waals surface area (Å²) in [6.45, 7) is 0. The summed E-state index contributed by atoms with van der Waals surface area (Å²) < 4.78 is 0. The summed E-state index contributed by atoms with van der Waals surface area (Å²) in [6, 6.07) is 9.76. The fourth-order valence-electron chi connectivity index (χ4n) is 4.82. The molecule has 4 heteroatoms. The minimum atomic E-state index is 0.187. The highest BCUT2D eigenvalue weighted by molar-refractivity contribution is 7.99. The number of carbonyl (C=O) groups is 1. The molecule has 2 unspecified atom stereocenters. The zero-order valence-electron chi connectivity index (χ0n) is 15.0. The molecular formula is C21H30N2OS. The quantitative estimate of drug-likeness (QED) is 0.773. The average molecular weight is 359 g/mol. The molecule has 3 aliphatic rings. The van der Waals surface area contributed by atoms with Crippen molar-refractivity contribution >= 4 is 23.4 Å². The van der Waals surface area contributed by atoms with Crippen LogP contribution in [0.25, 0.3) is 0 Å². The van der Waals surface area contributed by atoms with E-state index in [1.54, 1.807) is 0 Å². The molecule has 2 atom stereocenters. The van der Waals surface area contributed by atoms with Crippen LogP contribution in [-0.4, -0.2) is 23.2 Å². The molecule has 1 aliphatic carbocycles. The lowest BCUT2D eigenvalue weighted by atomic mass is 9.89. The van der Waals surface area contributed by atoms with Crippen LogP contribution in [0, 0.1) is 5.92 Å². The van der Waals surface area contributed by atoms with E-state index in [0.717, 1.165) is 16.7 Å². The molecule has 4 rings (SSSR count). The second kappa shape index (κ2) is 8.13. The molecule has 1 aromatic carbocycles. The second-order valence-corrected chi connectivity index (χ2v) is 9.43. The molecule has 1 amide bonds. The zero-order chi connectivity index (χ0) is 17.1. The maximum atomic E-state index is 12.5. The second-order valence-electron chi connectivity index (χ2n) is 8.15. The largest absolute Gasteiger partial charge is 0.326 e. The highest BCUT2D eigenvalue weighted by atomic mass is 32.2. The number of carbonyl (C=O) groups excluding carboxylic acids is 1. The Morgan fingerprint density at radius 3 is 2.64 bits per heavy atom. The van der Waals surface area contributed by atoms with Gasteiger partial charge in [-0.15, -0.1) is 0 Å². The topological polar surface area (TPSA) is 41.1 Å². The molecule has 136 valence electrons. The van der Waals surface area contributed by atoms with Gasteiger partial charge in [-0.3, -0.25) is 4.79 Å². The van der Waals surface area contributed by atoms with Gasteiger partial charge >= 0.3 is 0 Å². The molecule has 2 saturated heterocycles. The molecular weight excluding hydrogens is 328 g/mol. The molecule has 2 N–H and O–H groups in total. The van der Waals surface area contributed by atoms with Crippen LogP contribution >= 0.6 is 11.8 Å². The van der Waals surface area contributed by atoms with Crippen LogP contribution in [0.2, 0.25) is 0 Å². The van der Waals surface area contributed by atoms with Crippen LogP contribution in [0.1, 0.15) is 63.4 Å². The summed E-state index contributed by atoms with van der Waals surface area (Å²) in [5.41, 5.74) is 2.29. The Labute approximate surface area is 155 Å². The van der Waals surface area contributed by atoms with Crippen LogP contribution < -0.4 is 10.6 Å². The van der Waals surface area contributed by atoms with E-state index in [2.05, 4.69) is 40.6 Å². The lowest BCUT2D eigenvalue weighted by Crippen LogP contribution is -2.39. The van der Waals surface area contributed by atoms with Gasteiger partial charge in [0.25, 0.3) is 0 Å². The number of hydrogen-bond donors (Lipinski definition) is 2. The van der Waals surface area contributed by atoms with Crippen molar-refractivity contribution in [2.45, 2.75) is 80.9 Å². The van der Waals surface area contributed by atoms with E-state index >= 15 is 0 Å². The van der Waals surface area contributed by atoms with Gasteiger partial charge in [0.1, 0.15) is 0 Å². The van der Waals surface area contributed by atoms with Crippen molar-refractivity contribution in [2.24, 2.45) is 5.92 Å². The van der Waals surface area contributed by atoms with Crippen molar-refractivity contribution in [3.63, 3.8) is 0 Å².